The Morgan fingerprint density at radius 1 is 1.00 bits per heavy atom. The van der Waals surface area contributed by atoms with Gasteiger partial charge in [0.1, 0.15) is 11.5 Å². The van der Waals surface area contributed by atoms with Crippen LogP contribution in [0.4, 0.5) is 11.4 Å². The van der Waals surface area contributed by atoms with Crippen LogP contribution in [0.3, 0.4) is 0 Å². The summed E-state index contributed by atoms with van der Waals surface area (Å²) in [6.07, 6.45) is 1.81. The Morgan fingerprint density at radius 3 is 2.42 bits per heavy atom. The van der Waals surface area contributed by atoms with E-state index in [9.17, 15) is 0 Å². The Morgan fingerprint density at radius 2 is 1.75 bits per heavy atom. The number of aliphatic imine (C=N–C) groups is 1. The van der Waals surface area contributed by atoms with E-state index in [4.69, 9.17) is 14.2 Å². The summed E-state index contributed by atoms with van der Waals surface area (Å²) in [5.41, 5.74) is 3.03. The number of anilines is 1. The molecule has 2 aromatic carbocycles. The number of rotatable bonds is 5. The maximum Gasteiger partial charge on any atom is 0.131 e. The first-order valence-electron chi connectivity index (χ1n) is 7.99. The van der Waals surface area contributed by atoms with Gasteiger partial charge in [0.05, 0.1) is 33.1 Å². The van der Waals surface area contributed by atoms with Gasteiger partial charge in [-0.2, -0.15) is 0 Å². The van der Waals surface area contributed by atoms with Gasteiger partial charge in [-0.05, 0) is 36.4 Å². The van der Waals surface area contributed by atoms with Crippen molar-refractivity contribution in [1.29, 1.82) is 0 Å². The van der Waals surface area contributed by atoms with Crippen LogP contribution in [-0.2, 0) is 4.74 Å². The first kappa shape index (κ1) is 16.3. The quantitative estimate of drug-likeness (QED) is 0.791. The lowest BCUT2D eigenvalue weighted by atomic mass is 10.2. The van der Waals surface area contributed by atoms with Crippen LogP contribution in [0.1, 0.15) is 5.56 Å². The predicted molar refractivity (Wildman–Crippen MR) is 96.3 cm³/mol. The Bertz CT molecular complexity index is 692. The smallest absolute Gasteiger partial charge is 0.131 e. The molecule has 0 N–H and O–H groups in total. The topological polar surface area (TPSA) is 43.3 Å². The van der Waals surface area contributed by atoms with Gasteiger partial charge in [-0.1, -0.05) is 0 Å². The molecule has 1 fully saturated rings. The van der Waals surface area contributed by atoms with Crippen molar-refractivity contribution >= 4 is 17.6 Å². The molecule has 24 heavy (non-hydrogen) atoms. The second-order valence-electron chi connectivity index (χ2n) is 5.48. The van der Waals surface area contributed by atoms with E-state index in [0.717, 1.165) is 49.1 Å². The molecule has 1 saturated heterocycles. The van der Waals surface area contributed by atoms with E-state index in [2.05, 4.69) is 22.0 Å². The van der Waals surface area contributed by atoms with Crippen molar-refractivity contribution in [2.45, 2.75) is 0 Å². The van der Waals surface area contributed by atoms with Crippen molar-refractivity contribution in [3.05, 3.63) is 48.0 Å². The molecule has 0 amide bonds. The fourth-order valence-corrected chi connectivity index (χ4v) is 2.64. The second-order valence-corrected chi connectivity index (χ2v) is 5.48. The van der Waals surface area contributed by atoms with Gasteiger partial charge in [-0.15, -0.1) is 0 Å². The minimum Gasteiger partial charge on any atom is -0.497 e. The summed E-state index contributed by atoms with van der Waals surface area (Å²) in [5, 5.41) is 0. The number of morpholine rings is 1. The van der Waals surface area contributed by atoms with E-state index in [-0.39, 0.29) is 0 Å². The summed E-state index contributed by atoms with van der Waals surface area (Å²) in [4.78, 5) is 6.86. The van der Waals surface area contributed by atoms with E-state index >= 15 is 0 Å². The fraction of sp³-hybridized carbons (Fsp3) is 0.316. The number of hydrogen-bond donors (Lipinski definition) is 0. The third-order valence-electron chi connectivity index (χ3n) is 4.02. The molecule has 0 atom stereocenters. The number of nitrogens with zero attached hydrogens (tertiary/aromatic N) is 2. The Kier molecular flexibility index (Phi) is 5.33. The van der Waals surface area contributed by atoms with Gasteiger partial charge in [0.25, 0.3) is 0 Å². The molecule has 0 bridgehead atoms. The van der Waals surface area contributed by atoms with Crippen molar-refractivity contribution in [2.24, 2.45) is 4.99 Å². The molecule has 0 aliphatic carbocycles. The fourth-order valence-electron chi connectivity index (χ4n) is 2.64. The third kappa shape index (κ3) is 3.86. The van der Waals surface area contributed by atoms with Gasteiger partial charge in [0.15, 0.2) is 0 Å². The summed E-state index contributed by atoms with van der Waals surface area (Å²) < 4.78 is 16.0. The molecule has 5 nitrogen and oxygen atoms in total. The average molecular weight is 326 g/mol. The summed E-state index contributed by atoms with van der Waals surface area (Å²) in [6.45, 7) is 3.45. The highest BCUT2D eigenvalue weighted by Gasteiger charge is 2.10. The van der Waals surface area contributed by atoms with Crippen LogP contribution in [0, 0.1) is 0 Å². The van der Waals surface area contributed by atoms with Crippen LogP contribution in [0.5, 0.6) is 11.5 Å². The van der Waals surface area contributed by atoms with Gasteiger partial charge < -0.3 is 19.1 Å². The molecule has 0 unspecified atom stereocenters. The lowest BCUT2D eigenvalue weighted by Crippen LogP contribution is -2.36. The van der Waals surface area contributed by atoms with E-state index in [1.807, 2.05) is 36.5 Å². The molecule has 1 aliphatic rings. The number of methoxy groups -OCH3 is 2. The van der Waals surface area contributed by atoms with E-state index < -0.39 is 0 Å². The summed E-state index contributed by atoms with van der Waals surface area (Å²) >= 11 is 0. The molecule has 0 radical (unpaired) electrons. The zero-order valence-electron chi connectivity index (χ0n) is 14.1. The van der Waals surface area contributed by atoms with E-state index in [1.165, 1.54) is 5.69 Å². The SMILES string of the molecule is COc1ccc(C=Nc2ccc(N3CCOCC3)cc2)c(OC)c1. The molecule has 2 aromatic rings. The predicted octanol–water partition coefficient (Wildman–Crippen LogP) is 3.29. The van der Waals surface area contributed by atoms with Gasteiger partial charge in [0.2, 0.25) is 0 Å². The molecule has 3 rings (SSSR count). The van der Waals surface area contributed by atoms with Crippen LogP contribution in [-0.4, -0.2) is 46.7 Å². The first-order valence-corrected chi connectivity index (χ1v) is 7.99. The van der Waals surface area contributed by atoms with Crippen molar-refractivity contribution in [1.82, 2.24) is 0 Å². The minimum atomic E-state index is 0.739. The highest BCUT2D eigenvalue weighted by Crippen LogP contribution is 2.25. The molecule has 1 aliphatic heterocycles. The molecular formula is C19H22N2O3. The summed E-state index contributed by atoms with van der Waals surface area (Å²) in [5.74, 6) is 1.50. The highest BCUT2D eigenvalue weighted by molar-refractivity contribution is 5.86. The zero-order chi connectivity index (χ0) is 16.8. The summed E-state index contributed by atoms with van der Waals surface area (Å²) in [6, 6.07) is 13.9. The van der Waals surface area contributed by atoms with Crippen LogP contribution in [0.2, 0.25) is 0 Å². The lowest BCUT2D eigenvalue weighted by Gasteiger charge is -2.28. The maximum atomic E-state index is 5.38. The standard InChI is InChI=1S/C19H22N2O3/c1-22-18-8-3-15(19(13-18)23-2)14-20-16-4-6-17(7-5-16)21-9-11-24-12-10-21/h3-8,13-14H,9-12H2,1-2H3. The van der Waals surface area contributed by atoms with Crippen molar-refractivity contribution in [2.75, 3.05) is 45.4 Å². The highest BCUT2D eigenvalue weighted by atomic mass is 16.5. The number of benzene rings is 2. The van der Waals surface area contributed by atoms with E-state index in [1.54, 1.807) is 14.2 Å². The van der Waals surface area contributed by atoms with Crippen LogP contribution >= 0.6 is 0 Å². The molecule has 5 heteroatoms. The Hall–Kier alpha value is -2.53. The largest absolute Gasteiger partial charge is 0.497 e. The van der Waals surface area contributed by atoms with Crippen molar-refractivity contribution < 1.29 is 14.2 Å². The van der Waals surface area contributed by atoms with Crippen molar-refractivity contribution in [3.8, 4) is 11.5 Å². The monoisotopic (exact) mass is 326 g/mol. The second kappa shape index (κ2) is 7.84. The normalized spacial score (nSPS) is 14.8. The average Bonchev–Trinajstić information content (AvgIpc) is 2.67. The molecule has 1 heterocycles. The van der Waals surface area contributed by atoms with Gasteiger partial charge in [-0.25, -0.2) is 0 Å². The molecule has 126 valence electrons. The minimum absolute atomic E-state index is 0.739. The van der Waals surface area contributed by atoms with E-state index in [0.29, 0.717) is 0 Å². The third-order valence-corrected chi connectivity index (χ3v) is 4.02. The van der Waals surface area contributed by atoms with Crippen LogP contribution in [0.25, 0.3) is 0 Å². The Labute approximate surface area is 142 Å². The lowest BCUT2D eigenvalue weighted by molar-refractivity contribution is 0.122. The maximum absolute atomic E-state index is 5.38. The zero-order valence-corrected chi connectivity index (χ0v) is 14.1. The molecule has 0 saturated carbocycles. The molecule has 0 spiro atoms. The Balaban J connectivity index is 1.72. The summed E-state index contributed by atoms with van der Waals surface area (Å²) in [7, 11) is 3.28. The van der Waals surface area contributed by atoms with Crippen LogP contribution < -0.4 is 14.4 Å². The van der Waals surface area contributed by atoms with Gasteiger partial charge in [-0.3, -0.25) is 4.99 Å². The van der Waals surface area contributed by atoms with Gasteiger partial charge >= 0.3 is 0 Å². The number of ether oxygens (including phenoxy) is 3. The van der Waals surface area contributed by atoms with Gasteiger partial charge in [0, 0.05) is 36.6 Å². The molecular weight excluding hydrogens is 304 g/mol. The van der Waals surface area contributed by atoms with Crippen molar-refractivity contribution in [3.63, 3.8) is 0 Å². The van der Waals surface area contributed by atoms with Crippen LogP contribution in [0.15, 0.2) is 47.5 Å². The number of hydrogen-bond acceptors (Lipinski definition) is 5. The molecule has 0 aromatic heterocycles. The first-order chi connectivity index (χ1) is 11.8.